The molecule has 2 aliphatic rings. The molecule has 1 saturated carbocycles. The van der Waals surface area contributed by atoms with E-state index in [-0.39, 0.29) is 29.4 Å². The van der Waals surface area contributed by atoms with Crippen LogP contribution < -0.4 is 10.6 Å². The maximum absolute atomic E-state index is 6.08. The highest BCUT2D eigenvalue weighted by Crippen LogP contribution is 2.33. The fraction of sp³-hybridized carbons (Fsp3) is 0.947. The third-order valence-corrected chi connectivity index (χ3v) is 5.41. The van der Waals surface area contributed by atoms with E-state index in [1.807, 2.05) is 7.05 Å². The number of aliphatic imine (C=N–C) groups is 1. The minimum absolute atomic E-state index is 0. The molecule has 0 amide bonds. The zero-order chi connectivity index (χ0) is 16.9. The van der Waals surface area contributed by atoms with Crippen LogP contribution in [0.4, 0.5) is 0 Å². The summed E-state index contributed by atoms with van der Waals surface area (Å²) in [5.41, 5.74) is 0.198. The first-order valence-corrected chi connectivity index (χ1v) is 9.49. The molecule has 2 atom stereocenters. The van der Waals surface area contributed by atoms with Crippen molar-refractivity contribution in [3.63, 3.8) is 0 Å². The Morgan fingerprint density at radius 1 is 1.12 bits per heavy atom. The fourth-order valence-corrected chi connectivity index (χ4v) is 4.03. The van der Waals surface area contributed by atoms with E-state index >= 15 is 0 Å². The van der Waals surface area contributed by atoms with Gasteiger partial charge in [-0.05, 0) is 49.9 Å². The number of guanidine groups is 1. The standard InChI is InChI=1S/C19H37N3O.HI/c1-14-8-10-16(11-9-14)22-18(20-5)21-13-15-7-6-12-23-17(15)19(2,3)4;/h14-17H,6-13H2,1-5H3,(H2,20,21,22);1H. The van der Waals surface area contributed by atoms with E-state index in [4.69, 9.17) is 4.74 Å². The average molecular weight is 451 g/mol. The number of hydrogen-bond acceptors (Lipinski definition) is 2. The Bertz CT molecular complexity index is 387. The van der Waals surface area contributed by atoms with Gasteiger partial charge in [-0.1, -0.05) is 27.7 Å². The predicted molar refractivity (Wildman–Crippen MR) is 113 cm³/mol. The normalized spacial score (nSPS) is 32.0. The molecule has 24 heavy (non-hydrogen) atoms. The van der Waals surface area contributed by atoms with Crippen LogP contribution in [0.1, 0.15) is 66.2 Å². The Hall–Kier alpha value is -0.0400. The highest BCUT2D eigenvalue weighted by molar-refractivity contribution is 14.0. The molecule has 1 saturated heterocycles. The average Bonchev–Trinajstić information content (AvgIpc) is 2.52. The quantitative estimate of drug-likeness (QED) is 0.384. The molecular formula is C19H38IN3O. The molecule has 1 aliphatic carbocycles. The van der Waals surface area contributed by atoms with Gasteiger partial charge in [0.15, 0.2) is 5.96 Å². The van der Waals surface area contributed by atoms with Crippen LogP contribution in [0, 0.1) is 17.3 Å². The minimum Gasteiger partial charge on any atom is -0.377 e. The van der Waals surface area contributed by atoms with Gasteiger partial charge in [-0.15, -0.1) is 24.0 Å². The molecule has 142 valence electrons. The second-order valence-corrected chi connectivity index (χ2v) is 8.61. The Labute approximate surface area is 166 Å². The van der Waals surface area contributed by atoms with Crippen LogP contribution in [0.3, 0.4) is 0 Å². The Morgan fingerprint density at radius 3 is 2.38 bits per heavy atom. The number of nitrogens with zero attached hydrogens (tertiary/aromatic N) is 1. The molecule has 0 radical (unpaired) electrons. The molecule has 2 N–H and O–H groups in total. The van der Waals surface area contributed by atoms with E-state index in [9.17, 15) is 0 Å². The maximum Gasteiger partial charge on any atom is 0.191 e. The van der Waals surface area contributed by atoms with Crippen molar-refractivity contribution in [2.75, 3.05) is 20.2 Å². The van der Waals surface area contributed by atoms with Crippen LogP contribution in [0.2, 0.25) is 0 Å². The van der Waals surface area contributed by atoms with Gasteiger partial charge in [-0.25, -0.2) is 0 Å². The zero-order valence-corrected chi connectivity index (χ0v) is 18.6. The van der Waals surface area contributed by atoms with E-state index in [1.165, 1.54) is 38.5 Å². The minimum atomic E-state index is 0. The summed E-state index contributed by atoms with van der Waals surface area (Å²) < 4.78 is 6.08. The van der Waals surface area contributed by atoms with Gasteiger partial charge >= 0.3 is 0 Å². The van der Waals surface area contributed by atoms with Crippen LogP contribution in [-0.4, -0.2) is 38.3 Å². The van der Waals surface area contributed by atoms with Gasteiger partial charge in [0.05, 0.1) is 6.10 Å². The largest absolute Gasteiger partial charge is 0.377 e. The van der Waals surface area contributed by atoms with E-state index in [2.05, 4.69) is 43.3 Å². The van der Waals surface area contributed by atoms with Crippen molar-refractivity contribution in [1.29, 1.82) is 0 Å². The van der Waals surface area contributed by atoms with Gasteiger partial charge in [0.25, 0.3) is 0 Å². The molecule has 5 heteroatoms. The molecule has 2 rings (SSSR count). The first kappa shape index (κ1) is 22.0. The van der Waals surface area contributed by atoms with Gasteiger partial charge in [-0.3, -0.25) is 4.99 Å². The fourth-order valence-electron chi connectivity index (χ4n) is 4.03. The number of hydrogen-bond donors (Lipinski definition) is 2. The summed E-state index contributed by atoms with van der Waals surface area (Å²) in [4.78, 5) is 4.43. The molecule has 1 heterocycles. The van der Waals surface area contributed by atoms with Crippen LogP contribution >= 0.6 is 24.0 Å². The lowest BCUT2D eigenvalue weighted by Gasteiger charge is -2.40. The second-order valence-electron chi connectivity index (χ2n) is 8.61. The lowest BCUT2D eigenvalue weighted by Crippen LogP contribution is -2.49. The summed E-state index contributed by atoms with van der Waals surface area (Å²) in [6.45, 7) is 11.1. The highest BCUT2D eigenvalue weighted by atomic mass is 127. The molecule has 0 aromatic carbocycles. The number of nitrogens with one attached hydrogen (secondary N) is 2. The molecule has 1 aliphatic heterocycles. The first-order valence-electron chi connectivity index (χ1n) is 9.49. The van der Waals surface area contributed by atoms with Crippen LogP contribution in [0.25, 0.3) is 0 Å². The summed E-state index contributed by atoms with van der Waals surface area (Å²) in [7, 11) is 1.87. The van der Waals surface area contributed by atoms with Crippen molar-refractivity contribution in [1.82, 2.24) is 10.6 Å². The topological polar surface area (TPSA) is 45.7 Å². The Morgan fingerprint density at radius 2 is 1.79 bits per heavy atom. The second kappa shape index (κ2) is 10.2. The van der Waals surface area contributed by atoms with E-state index in [0.29, 0.717) is 18.1 Å². The first-order chi connectivity index (χ1) is 10.9. The molecule has 0 bridgehead atoms. The summed E-state index contributed by atoms with van der Waals surface area (Å²) in [5.74, 6) is 2.41. The van der Waals surface area contributed by atoms with Gasteiger partial charge in [-0.2, -0.15) is 0 Å². The molecule has 0 aromatic rings. The Kier molecular flexibility index (Phi) is 9.34. The number of halogens is 1. The molecular weight excluding hydrogens is 413 g/mol. The van der Waals surface area contributed by atoms with E-state index < -0.39 is 0 Å². The lowest BCUT2D eigenvalue weighted by atomic mass is 9.78. The molecule has 0 spiro atoms. The molecule has 2 fully saturated rings. The van der Waals surface area contributed by atoms with Crippen molar-refractivity contribution in [3.05, 3.63) is 0 Å². The van der Waals surface area contributed by atoms with E-state index in [0.717, 1.165) is 25.0 Å². The van der Waals surface area contributed by atoms with Crippen molar-refractivity contribution in [2.24, 2.45) is 22.2 Å². The summed E-state index contributed by atoms with van der Waals surface area (Å²) >= 11 is 0. The summed E-state index contributed by atoms with van der Waals surface area (Å²) in [6, 6.07) is 0.582. The SMILES string of the molecule is CN=C(NCC1CCCOC1C(C)(C)C)NC1CCC(C)CC1.I. The van der Waals surface area contributed by atoms with Crippen LogP contribution in [-0.2, 0) is 4.74 Å². The van der Waals surface area contributed by atoms with Crippen LogP contribution in [0.15, 0.2) is 4.99 Å². The smallest absolute Gasteiger partial charge is 0.191 e. The van der Waals surface area contributed by atoms with Crippen molar-refractivity contribution in [2.45, 2.75) is 78.4 Å². The van der Waals surface area contributed by atoms with Gasteiger partial charge in [0, 0.05) is 32.2 Å². The molecule has 2 unspecified atom stereocenters. The monoisotopic (exact) mass is 451 g/mol. The van der Waals surface area contributed by atoms with Crippen LogP contribution in [0.5, 0.6) is 0 Å². The van der Waals surface area contributed by atoms with Gasteiger partial charge in [0.1, 0.15) is 0 Å². The van der Waals surface area contributed by atoms with Crippen molar-refractivity contribution < 1.29 is 4.74 Å². The number of ether oxygens (including phenoxy) is 1. The third-order valence-electron chi connectivity index (χ3n) is 5.41. The summed E-state index contributed by atoms with van der Waals surface area (Å²) in [5, 5.41) is 7.18. The number of rotatable bonds is 3. The third kappa shape index (κ3) is 6.70. The lowest BCUT2D eigenvalue weighted by molar-refractivity contribution is -0.0835. The molecule has 4 nitrogen and oxygen atoms in total. The summed E-state index contributed by atoms with van der Waals surface area (Å²) in [6.07, 6.45) is 7.93. The highest BCUT2D eigenvalue weighted by Gasteiger charge is 2.35. The van der Waals surface area contributed by atoms with Gasteiger partial charge in [0.2, 0.25) is 0 Å². The predicted octanol–water partition coefficient (Wildman–Crippen LogP) is 4.19. The van der Waals surface area contributed by atoms with Crippen molar-refractivity contribution >= 4 is 29.9 Å². The Balaban J connectivity index is 0.00000288. The molecule has 0 aromatic heterocycles. The van der Waals surface area contributed by atoms with E-state index in [1.54, 1.807) is 0 Å². The van der Waals surface area contributed by atoms with Crippen molar-refractivity contribution in [3.8, 4) is 0 Å². The van der Waals surface area contributed by atoms with Gasteiger partial charge < -0.3 is 15.4 Å². The zero-order valence-electron chi connectivity index (χ0n) is 16.2. The maximum atomic E-state index is 6.08.